The fourth-order valence-electron chi connectivity index (χ4n) is 5.79. The van der Waals surface area contributed by atoms with Gasteiger partial charge in [-0.15, -0.1) is 0 Å². The molecule has 1 saturated carbocycles. The van der Waals surface area contributed by atoms with Crippen LogP contribution in [-0.2, 0) is 16.1 Å². The first kappa shape index (κ1) is 22.3. The number of hydrogen-bond donors (Lipinski definition) is 0. The summed E-state index contributed by atoms with van der Waals surface area (Å²) in [5, 5.41) is 0. The van der Waals surface area contributed by atoms with Gasteiger partial charge in [-0.3, -0.25) is 14.5 Å². The first-order valence-corrected chi connectivity index (χ1v) is 12.5. The summed E-state index contributed by atoms with van der Waals surface area (Å²) in [6, 6.07) is 11.0. The molecule has 4 rings (SSSR count). The summed E-state index contributed by atoms with van der Waals surface area (Å²) in [6.45, 7) is 5.44. The highest BCUT2D eigenvalue weighted by atomic mass is 16.2. The lowest BCUT2D eigenvalue weighted by atomic mass is 9.78. The van der Waals surface area contributed by atoms with Crippen molar-refractivity contribution in [3.8, 4) is 0 Å². The summed E-state index contributed by atoms with van der Waals surface area (Å²) in [7, 11) is 0. The number of rotatable bonds is 7. The van der Waals surface area contributed by atoms with Gasteiger partial charge in [0, 0.05) is 58.2 Å². The summed E-state index contributed by atoms with van der Waals surface area (Å²) in [5.41, 5.74) is 1.33. The van der Waals surface area contributed by atoms with Gasteiger partial charge in [-0.05, 0) is 50.0 Å². The van der Waals surface area contributed by atoms with E-state index in [0.29, 0.717) is 24.8 Å². The van der Waals surface area contributed by atoms with Crippen LogP contribution in [0.15, 0.2) is 30.3 Å². The Morgan fingerprint density at radius 3 is 2.23 bits per heavy atom. The van der Waals surface area contributed by atoms with Crippen LogP contribution >= 0.6 is 0 Å². The number of carbonyl (C=O) groups is 2. The Labute approximate surface area is 187 Å². The third-order valence-corrected chi connectivity index (χ3v) is 7.57. The summed E-state index contributed by atoms with van der Waals surface area (Å²) in [5.74, 6) is 1.34. The van der Waals surface area contributed by atoms with Crippen molar-refractivity contribution >= 4 is 11.8 Å². The molecule has 2 atom stereocenters. The third kappa shape index (κ3) is 6.09. The summed E-state index contributed by atoms with van der Waals surface area (Å²) in [4.78, 5) is 32.1. The Morgan fingerprint density at radius 1 is 0.774 bits per heavy atom. The van der Waals surface area contributed by atoms with E-state index in [9.17, 15) is 9.59 Å². The lowest BCUT2D eigenvalue weighted by Crippen LogP contribution is -2.49. The van der Waals surface area contributed by atoms with Gasteiger partial charge in [-0.2, -0.15) is 0 Å². The van der Waals surface area contributed by atoms with E-state index >= 15 is 0 Å². The molecule has 3 fully saturated rings. The van der Waals surface area contributed by atoms with Crippen LogP contribution in [0.5, 0.6) is 0 Å². The average Bonchev–Trinajstić information content (AvgIpc) is 2.82. The Hall–Kier alpha value is -1.88. The van der Waals surface area contributed by atoms with Crippen LogP contribution in [0.1, 0.15) is 69.8 Å². The predicted octanol–water partition coefficient (Wildman–Crippen LogP) is 4.07. The minimum absolute atomic E-state index is 0.261. The van der Waals surface area contributed by atoms with Crippen molar-refractivity contribution in [2.45, 2.75) is 76.8 Å². The molecule has 1 aromatic rings. The molecule has 5 heteroatoms. The van der Waals surface area contributed by atoms with Gasteiger partial charge in [-0.25, -0.2) is 0 Å². The number of piperazine rings is 1. The van der Waals surface area contributed by atoms with Crippen molar-refractivity contribution in [3.63, 3.8) is 0 Å². The molecule has 2 heterocycles. The molecule has 0 bridgehead atoms. The lowest BCUT2D eigenvalue weighted by molar-refractivity contribution is -0.138. The highest BCUT2D eigenvalue weighted by Crippen LogP contribution is 2.35. The van der Waals surface area contributed by atoms with E-state index in [2.05, 4.69) is 34.1 Å². The van der Waals surface area contributed by atoms with Crippen LogP contribution in [0.4, 0.5) is 0 Å². The molecule has 5 nitrogen and oxygen atoms in total. The SMILES string of the molecule is O=C(CCCCC(=O)N1CCCC2CCCCC21)N1CCN(Cc2ccccc2)CC1. The number of unbranched alkanes of at least 4 members (excludes halogenated alkanes) is 1. The molecule has 1 aliphatic carbocycles. The normalized spacial score (nSPS) is 24.6. The first-order chi connectivity index (χ1) is 15.2. The van der Waals surface area contributed by atoms with Crippen LogP contribution < -0.4 is 0 Å². The highest BCUT2D eigenvalue weighted by molar-refractivity contribution is 5.77. The van der Waals surface area contributed by atoms with Gasteiger partial charge in [0.25, 0.3) is 0 Å². The summed E-state index contributed by atoms with van der Waals surface area (Å²) >= 11 is 0. The van der Waals surface area contributed by atoms with Gasteiger partial charge in [0.2, 0.25) is 11.8 Å². The third-order valence-electron chi connectivity index (χ3n) is 7.57. The Balaban J connectivity index is 1.12. The molecule has 0 aromatic heterocycles. The first-order valence-electron chi connectivity index (χ1n) is 12.5. The maximum atomic E-state index is 12.8. The molecule has 0 radical (unpaired) electrons. The summed E-state index contributed by atoms with van der Waals surface area (Å²) in [6.07, 6.45) is 10.5. The van der Waals surface area contributed by atoms with Gasteiger partial charge in [0.1, 0.15) is 0 Å². The van der Waals surface area contributed by atoms with Crippen molar-refractivity contribution < 1.29 is 9.59 Å². The molecule has 3 aliphatic rings. The van der Waals surface area contributed by atoms with E-state index in [1.165, 1.54) is 44.1 Å². The molecule has 2 unspecified atom stereocenters. The van der Waals surface area contributed by atoms with Gasteiger partial charge in [-0.1, -0.05) is 43.2 Å². The lowest BCUT2D eigenvalue weighted by Gasteiger charge is -2.44. The number of benzene rings is 1. The second-order valence-electron chi connectivity index (χ2n) is 9.69. The number of likely N-dealkylation sites (tertiary alicyclic amines) is 1. The number of amides is 2. The van der Waals surface area contributed by atoms with Crippen LogP contribution in [-0.4, -0.2) is 65.3 Å². The fourth-order valence-corrected chi connectivity index (χ4v) is 5.79. The quantitative estimate of drug-likeness (QED) is 0.619. The predicted molar refractivity (Wildman–Crippen MR) is 123 cm³/mol. The smallest absolute Gasteiger partial charge is 0.222 e. The summed E-state index contributed by atoms with van der Waals surface area (Å²) < 4.78 is 0. The number of nitrogens with zero attached hydrogens (tertiary/aromatic N) is 3. The molecular weight excluding hydrogens is 386 g/mol. The molecule has 1 aromatic carbocycles. The molecule has 0 N–H and O–H groups in total. The number of fused-ring (bicyclic) bond motifs is 1. The topological polar surface area (TPSA) is 43.9 Å². The van der Waals surface area contributed by atoms with E-state index in [0.717, 1.165) is 58.0 Å². The minimum atomic E-state index is 0.261. The Morgan fingerprint density at radius 2 is 1.45 bits per heavy atom. The standard InChI is InChI=1S/C26H39N3O2/c30-25(28-19-17-27(18-20-28)21-22-9-2-1-3-10-22)14-6-7-15-26(31)29-16-8-12-23-11-4-5-13-24(23)29/h1-3,9-10,23-24H,4-8,11-21H2. The van der Waals surface area contributed by atoms with E-state index in [4.69, 9.17) is 0 Å². The second kappa shape index (κ2) is 11.1. The minimum Gasteiger partial charge on any atom is -0.340 e. The van der Waals surface area contributed by atoms with Crippen LogP contribution in [0.2, 0.25) is 0 Å². The van der Waals surface area contributed by atoms with Crippen molar-refractivity contribution in [1.82, 2.24) is 14.7 Å². The van der Waals surface area contributed by atoms with Crippen molar-refractivity contribution in [2.24, 2.45) is 5.92 Å². The average molecular weight is 426 g/mol. The van der Waals surface area contributed by atoms with Gasteiger partial charge >= 0.3 is 0 Å². The zero-order valence-electron chi connectivity index (χ0n) is 19.0. The zero-order chi connectivity index (χ0) is 21.5. The molecule has 0 spiro atoms. The van der Waals surface area contributed by atoms with E-state index in [1.54, 1.807) is 0 Å². The van der Waals surface area contributed by atoms with Crippen molar-refractivity contribution in [2.75, 3.05) is 32.7 Å². The Bertz CT molecular complexity index is 713. The van der Waals surface area contributed by atoms with Crippen LogP contribution in [0.25, 0.3) is 0 Å². The molecule has 2 aliphatic heterocycles. The van der Waals surface area contributed by atoms with Gasteiger partial charge < -0.3 is 9.80 Å². The maximum absolute atomic E-state index is 12.8. The van der Waals surface area contributed by atoms with Crippen LogP contribution in [0, 0.1) is 5.92 Å². The van der Waals surface area contributed by atoms with E-state index in [-0.39, 0.29) is 5.91 Å². The zero-order valence-corrected chi connectivity index (χ0v) is 19.0. The number of hydrogen-bond acceptors (Lipinski definition) is 3. The number of piperidine rings is 1. The molecule has 2 saturated heterocycles. The fraction of sp³-hybridized carbons (Fsp3) is 0.692. The highest BCUT2D eigenvalue weighted by Gasteiger charge is 2.35. The Kier molecular flexibility index (Phi) is 8.01. The molecule has 170 valence electrons. The second-order valence-corrected chi connectivity index (χ2v) is 9.69. The van der Waals surface area contributed by atoms with E-state index < -0.39 is 0 Å². The van der Waals surface area contributed by atoms with Crippen LogP contribution in [0.3, 0.4) is 0 Å². The maximum Gasteiger partial charge on any atom is 0.222 e. The van der Waals surface area contributed by atoms with Crippen molar-refractivity contribution in [3.05, 3.63) is 35.9 Å². The molecule has 31 heavy (non-hydrogen) atoms. The number of carbonyl (C=O) groups excluding carboxylic acids is 2. The largest absolute Gasteiger partial charge is 0.340 e. The molecule has 2 amide bonds. The van der Waals surface area contributed by atoms with E-state index in [1.807, 2.05) is 11.0 Å². The van der Waals surface area contributed by atoms with Crippen molar-refractivity contribution in [1.29, 1.82) is 0 Å². The van der Waals surface area contributed by atoms with Gasteiger partial charge in [0.05, 0.1) is 0 Å². The monoisotopic (exact) mass is 425 g/mol. The molecular formula is C26H39N3O2. The van der Waals surface area contributed by atoms with Gasteiger partial charge in [0.15, 0.2) is 0 Å².